The molecule has 2 heterocycles. The fraction of sp³-hybridized carbons (Fsp3) is 0.160. The van der Waals surface area contributed by atoms with E-state index >= 15 is 0 Å². The topological polar surface area (TPSA) is 86.5 Å². The van der Waals surface area contributed by atoms with Crippen molar-refractivity contribution in [1.82, 2.24) is 15.5 Å². The van der Waals surface area contributed by atoms with Gasteiger partial charge in [0, 0.05) is 23.4 Å². The highest BCUT2D eigenvalue weighted by atomic mass is 32.2. The number of thioether (sulfide) groups is 1. The summed E-state index contributed by atoms with van der Waals surface area (Å²) in [5.74, 6) is 2.38. The Bertz CT molecular complexity index is 1240. The molecule has 0 saturated heterocycles. The van der Waals surface area contributed by atoms with Crippen LogP contribution in [0.2, 0.25) is 0 Å². The molecule has 33 heavy (non-hydrogen) atoms. The number of aromatic nitrogens is 2. The molecule has 1 N–H and O–H groups in total. The highest BCUT2D eigenvalue weighted by Crippen LogP contribution is 2.35. The summed E-state index contributed by atoms with van der Waals surface area (Å²) in [6.07, 6.45) is 0. The normalized spacial score (nSPS) is 12.4. The van der Waals surface area contributed by atoms with Crippen molar-refractivity contribution in [1.29, 1.82) is 0 Å². The van der Waals surface area contributed by atoms with Crippen LogP contribution in [0.4, 0.5) is 0 Å². The van der Waals surface area contributed by atoms with E-state index in [9.17, 15) is 4.79 Å². The van der Waals surface area contributed by atoms with E-state index in [1.165, 1.54) is 11.8 Å². The third-order valence-corrected chi connectivity index (χ3v) is 5.96. The van der Waals surface area contributed by atoms with Crippen molar-refractivity contribution >= 4 is 17.7 Å². The Morgan fingerprint density at radius 2 is 1.67 bits per heavy atom. The second-order valence-corrected chi connectivity index (χ2v) is 8.31. The number of carbonyl (C=O) groups is 1. The molecule has 0 unspecified atom stereocenters. The second-order valence-electron chi connectivity index (χ2n) is 7.39. The molecule has 0 saturated carbocycles. The smallest absolute Gasteiger partial charge is 0.277 e. The van der Waals surface area contributed by atoms with Crippen LogP contribution < -0.4 is 14.8 Å². The van der Waals surface area contributed by atoms with Gasteiger partial charge >= 0.3 is 0 Å². The lowest BCUT2D eigenvalue weighted by atomic mass is 10.1. The SMILES string of the molecule is O=C(NCc1ccccc1)c1ccc(CSc2nnc(-c3ccc4c(c3)OCCO4)o2)cc1. The molecule has 1 aromatic heterocycles. The molecule has 1 aliphatic rings. The van der Waals surface area contributed by atoms with Crippen molar-refractivity contribution in [2.24, 2.45) is 0 Å². The summed E-state index contributed by atoms with van der Waals surface area (Å²) in [7, 11) is 0. The van der Waals surface area contributed by atoms with Crippen LogP contribution in [-0.4, -0.2) is 29.3 Å². The molecular formula is C25H21N3O4S. The number of benzene rings is 3. The van der Waals surface area contributed by atoms with Gasteiger partial charge in [-0.2, -0.15) is 0 Å². The van der Waals surface area contributed by atoms with E-state index in [4.69, 9.17) is 13.9 Å². The molecule has 4 aromatic rings. The number of nitrogens with zero attached hydrogens (tertiary/aromatic N) is 2. The average molecular weight is 460 g/mol. The van der Waals surface area contributed by atoms with Crippen LogP contribution in [0.3, 0.4) is 0 Å². The van der Waals surface area contributed by atoms with Gasteiger partial charge in [-0.1, -0.05) is 54.2 Å². The number of hydrogen-bond acceptors (Lipinski definition) is 7. The summed E-state index contributed by atoms with van der Waals surface area (Å²) in [4.78, 5) is 12.4. The minimum atomic E-state index is -0.0981. The zero-order chi connectivity index (χ0) is 22.5. The molecular weight excluding hydrogens is 438 g/mol. The van der Waals surface area contributed by atoms with Gasteiger partial charge in [0.05, 0.1) is 0 Å². The molecule has 7 nitrogen and oxygen atoms in total. The number of rotatable bonds is 7. The molecule has 5 rings (SSSR count). The molecule has 0 fully saturated rings. The van der Waals surface area contributed by atoms with Gasteiger partial charge < -0.3 is 19.2 Å². The van der Waals surface area contributed by atoms with E-state index < -0.39 is 0 Å². The Balaban J connectivity index is 1.16. The Hall–Kier alpha value is -3.78. The fourth-order valence-corrected chi connectivity index (χ4v) is 4.06. The summed E-state index contributed by atoms with van der Waals surface area (Å²) in [6, 6.07) is 22.9. The first-order valence-electron chi connectivity index (χ1n) is 10.5. The number of amides is 1. The minimum Gasteiger partial charge on any atom is -0.486 e. The number of nitrogens with one attached hydrogen (secondary N) is 1. The van der Waals surface area contributed by atoms with E-state index in [0.717, 1.165) is 22.4 Å². The largest absolute Gasteiger partial charge is 0.486 e. The number of hydrogen-bond donors (Lipinski definition) is 1. The summed E-state index contributed by atoms with van der Waals surface area (Å²) in [5, 5.41) is 11.7. The maximum Gasteiger partial charge on any atom is 0.277 e. The van der Waals surface area contributed by atoms with Gasteiger partial charge in [0.1, 0.15) is 13.2 Å². The van der Waals surface area contributed by atoms with E-state index in [1.807, 2.05) is 72.8 Å². The Morgan fingerprint density at radius 1 is 0.879 bits per heavy atom. The number of carbonyl (C=O) groups excluding carboxylic acids is 1. The van der Waals surface area contributed by atoms with Crippen LogP contribution in [0.5, 0.6) is 11.5 Å². The Kier molecular flexibility index (Phi) is 6.25. The van der Waals surface area contributed by atoms with Crippen molar-refractivity contribution in [3.05, 3.63) is 89.5 Å². The Labute approximate surface area is 195 Å². The highest BCUT2D eigenvalue weighted by molar-refractivity contribution is 7.98. The van der Waals surface area contributed by atoms with Crippen molar-refractivity contribution in [3.8, 4) is 23.0 Å². The lowest BCUT2D eigenvalue weighted by Gasteiger charge is -2.18. The van der Waals surface area contributed by atoms with E-state index in [1.54, 1.807) is 0 Å². The van der Waals surface area contributed by atoms with Gasteiger partial charge in [-0.15, -0.1) is 10.2 Å². The van der Waals surface area contributed by atoms with Gasteiger partial charge in [-0.05, 0) is 41.5 Å². The third kappa shape index (κ3) is 5.18. The van der Waals surface area contributed by atoms with E-state index in [2.05, 4.69) is 15.5 Å². The standard InChI is InChI=1S/C25H21N3O4S/c29-23(26-15-17-4-2-1-3-5-17)19-8-6-18(7-9-19)16-33-25-28-27-24(32-25)20-10-11-21-22(14-20)31-13-12-30-21/h1-11,14H,12-13,15-16H2,(H,26,29). The van der Waals surface area contributed by atoms with Gasteiger partial charge in [-0.25, -0.2) is 0 Å². The molecule has 1 amide bonds. The van der Waals surface area contributed by atoms with Gasteiger partial charge in [0.15, 0.2) is 11.5 Å². The van der Waals surface area contributed by atoms with Crippen LogP contribution in [0.25, 0.3) is 11.5 Å². The monoisotopic (exact) mass is 459 g/mol. The number of fused-ring (bicyclic) bond motifs is 1. The maximum absolute atomic E-state index is 12.4. The first kappa shape index (κ1) is 21.1. The molecule has 0 spiro atoms. The van der Waals surface area contributed by atoms with Crippen LogP contribution in [0.15, 0.2) is 82.4 Å². The lowest BCUT2D eigenvalue weighted by molar-refractivity contribution is 0.0951. The summed E-state index contributed by atoms with van der Waals surface area (Å²) < 4.78 is 17.0. The minimum absolute atomic E-state index is 0.0981. The third-order valence-electron chi connectivity index (χ3n) is 5.07. The highest BCUT2D eigenvalue weighted by Gasteiger charge is 2.16. The maximum atomic E-state index is 12.4. The summed E-state index contributed by atoms with van der Waals surface area (Å²) in [6.45, 7) is 1.57. The van der Waals surface area contributed by atoms with Crippen molar-refractivity contribution in [2.45, 2.75) is 17.5 Å². The molecule has 1 aliphatic heterocycles. The molecule has 0 radical (unpaired) electrons. The first-order chi connectivity index (χ1) is 16.2. The van der Waals surface area contributed by atoms with Crippen LogP contribution >= 0.6 is 11.8 Å². The molecule has 0 atom stereocenters. The Morgan fingerprint density at radius 3 is 2.48 bits per heavy atom. The number of ether oxygens (including phenoxy) is 2. The van der Waals surface area contributed by atoms with Gasteiger partial charge in [0.2, 0.25) is 5.89 Å². The fourth-order valence-electron chi connectivity index (χ4n) is 3.34. The zero-order valence-electron chi connectivity index (χ0n) is 17.7. The molecule has 0 bridgehead atoms. The second kappa shape index (κ2) is 9.79. The molecule has 8 heteroatoms. The predicted molar refractivity (Wildman–Crippen MR) is 124 cm³/mol. The van der Waals surface area contributed by atoms with Gasteiger partial charge in [0.25, 0.3) is 11.1 Å². The first-order valence-corrected chi connectivity index (χ1v) is 11.5. The summed E-state index contributed by atoms with van der Waals surface area (Å²) in [5.41, 5.74) is 3.52. The van der Waals surface area contributed by atoms with E-state index in [-0.39, 0.29) is 5.91 Å². The molecule has 0 aliphatic carbocycles. The lowest BCUT2D eigenvalue weighted by Crippen LogP contribution is -2.22. The molecule has 166 valence electrons. The van der Waals surface area contributed by atoms with Crippen LogP contribution in [0, 0.1) is 0 Å². The molecule has 3 aromatic carbocycles. The quantitative estimate of drug-likeness (QED) is 0.400. The van der Waals surface area contributed by atoms with Gasteiger partial charge in [-0.3, -0.25) is 4.79 Å². The van der Waals surface area contributed by atoms with Crippen molar-refractivity contribution < 1.29 is 18.7 Å². The van der Waals surface area contributed by atoms with Crippen LogP contribution in [0.1, 0.15) is 21.5 Å². The predicted octanol–water partition coefficient (Wildman–Crippen LogP) is 4.73. The van der Waals surface area contributed by atoms with Crippen molar-refractivity contribution in [2.75, 3.05) is 13.2 Å². The summed E-state index contributed by atoms with van der Waals surface area (Å²) >= 11 is 1.44. The van der Waals surface area contributed by atoms with Crippen molar-refractivity contribution in [3.63, 3.8) is 0 Å². The van der Waals surface area contributed by atoms with Crippen LogP contribution in [-0.2, 0) is 12.3 Å². The van der Waals surface area contributed by atoms with E-state index in [0.29, 0.717) is 47.9 Å². The average Bonchev–Trinajstić information content (AvgIpc) is 3.36. The zero-order valence-corrected chi connectivity index (χ0v) is 18.5.